The molecule has 1 aromatic rings. The lowest BCUT2D eigenvalue weighted by molar-refractivity contribution is -0.171. The fourth-order valence-corrected chi connectivity index (χ4v) is 2.43. The number of allylic oxidation sites excluding steroid dienone is 1. The Morgan fingerprint density at radius 3 is 2.52 bits per heavy atom. The molecule has 7 heteroatoms. The largest absolute Gasteiger partial charge is 0.408 e. The summed E-state index contributed by atoms with van der Waals surface area (Å²) in [4.78, 5) is 12.1. The third-order valence-electron chi connectivity index (χ3n) is 3.84. The third-order valence-corrected chi connectivity index (χ3v) is 3.84. The SMILES string of the molecule is C=C(C)n1ccc(C(=O)NC(C2CCC2)C(F)(F)F)c1N. The average molecular weight is 301 g/mol. The van der Waals surface area contributed by atoms with E-state index >= 15 is 0 Å². The van der Waals surface area contributed by atoms with Crippen molar-refractivity contribution in [2.45, 2.75) is 38.4 Å². The van der Waals surface area contributed by atoms with E-state index in [1.54, 1.807) is 6.92 Å². The minimum atomic E-state index is -4.45. The molecule has 0 aromatic carbocycles. The number of aromatic nitrogens is 1. The van der Waals surface area contributed by atoms with Crippen LogP contribution in [0.1, 0.15) is 36.5 Å². The van der Waals surface area contributed by atoms with Crippen molar-refractivity contribution in [2.24, 2.45) is 5.92 Å². The van der Waals surface area contributed by atoms with Crippen molar-refractivity contribution in [2.75, 3.05) is 5.73 Å². The first-order chi connectivity index (χ1) is 9.71. The van der Waals surface area contributed by atoms with Crippen LogP contribution in [0.2, 0.25) is 0 Å². The fraction of sp³-hybridized carbons (Fsp3) is 0.500. The quantitative estimate of drug-likeness (QED) is 0.898. The molecule has 1 aliphatic rings. The summed E-state index contributed by atoms with van der Waals surface area (Å²) in [5.74, 6) is -1.25. The van der Waals surface area contributed by atoms with Gasteiger partial charge in [-0.25, -0.2) is 0 Å². The van der Waals surface area contributed by atoms with Crippen LogP contribution in [0.15, 0.2) is 18.8 Å². The Morgan fingerprint density at radius 2 is 2.14 bits per heavy atom. The molecule has 0 radical (unpaired) electrons. The van der Waals surface area contributed by atoms with Gasteiger partial charge in [0, 0.05) is 11.9 Å². The molecule has 1 aliphatic carbocycles. The van der Waals surface area contributed by atoms with Gasteiger partial charge in [-0.05, 0) is 31.7 Å². The highest BCUT2D eigenvalue weighted by molar-refractivity contribution is 5.99. The van der Waals surface area contributed by atoms with Crippen molar-refractivity contribution in [1.82, 2.24) is 9.88 Å². The summed E-state index contributed by atoms with van der Waals surface area (Å²) in [6.45, 7) is 5.37. The zero-order valence-corrected chi connectivity index (χ0v) is 11.7. The summed E-state index contributed by atoms with van der Waals surface area (Å²) in [5, 5.41) is 2.08. The van der Waals surface area contributed by atoms with Crippen molar-refractivity contribution in [3.63, 3.8) is 0 Å². The van der Waals surface area contributed by atoms with E-state index in [0.717, 1.165) is 6.42 Å². The van der Waals surface area contributed by atoms with Gasteiger partial charge in [-0.2, -0.15) is 13.2 Å². The standard InChI is InChI=1S/C14H18F3N3O/c1-8(2)20-7-6-10(12(20)18)13(21)19-11(14(15,16)17)9-4-3-5-9/h6-7,9,11H,1,3-5,18H2,2H3,(H,19,21). The van der Waals surface area contributed by atoms with Gasteiger partial charge in [0.05, 0.1) is 5.56 Å². The molecule has 0 saturated heterocycles. The lowest BCUT2D eigenvalue weighted by Gasteiger charge is -2.35. The number of anilines is 1. The monoisotopic (exact) mass is 301 g/mol. The molecule has 1 unspecified atom stereocenters. The minimum Gasteiger partial charge on any atom is -0.384 e. The van der Waals surface area contributed by atoms with E-state index in [1.165, 1.54) is 16.8 Å². The van der Waals surface area contributed by atoms with Crippen molar-refractivity contribution >= 4 is 17.4 Å². The molecule has 1 atom stereocenters. The van der Waals surface area contributed by atoms with Crippen LogP contribution in [0.5, 0.6) is 0 Å². The van der Waals surface area contributed by atoms with Crippen LogP contribution < -0.4 is 11.1 Å². The maximum Gasteiger partial charge on any atom is 0.408 e. The molecular formula is C14H18F3N3O. The van der Waals surface area contributed by atoms with Crippen molar-refractivity contribution < 1.29 is 18.0 Å². The molecule has 3 N–H and O–H groups in total. The zero-order chi connectivity index (χ0) is 15.8. The number of halogens is 3. The highest BCUT2D eigenvalue weighted by Gasteiger charge is 2.47. The summed E-state index contributed by atoms with van der Waals surface area (Å²) < 4.78 is 40.6. The first-order valence-electron chi connectivity index (χ1n) is 6.72. The lowest BCUT2D eigenvalue weighted by atomic mass is 9.79. The van der Waals surface area contributed by atoms with E-state index in [0.29, 0.717) is 18.5 Å². The molecule has 0 spiro atoms. The second-order valence-corrected chi connectivity index (χ2v) is 5.40. The summed E-state index contributed by atoms with van der Waals surface area (Å²) in [5.41, 5.74) is 6.39. The Hall–Kier alpha value is -1.92. The van der Waals surface area contributed by atoms with Crippen LogP contribution in [-0.2, 0) is 0 Å². The molecular weight excluding hydrogens is 283 g/mol. The third kappa shape index (κ3) is 3.06. The van der Waals surface area contributed by atoms with E-state index in [9.17, 15) is 18.0 Å². The van der Waals surface area contributed by atoms with Gasteiger partial charge in [0.1, 0.15) is 11.9 Å². The molecule has 21 heavy (non-hydrogen) atoms. The van der Waals surface area contributed by atoms with Crippen molar-refractivity contribution in [3.8, 4) is 0 Å². The number of nitrogens with two attached hydrogens (primary N) is 1. The fourth-order valence-electron chi connectivity index (χ4n) is 2.43. The molecule has 1 fully saturated rings. The number of rotatable bonds is 4. The number of carbonyl (C=O) groups excluding carboxylic acids is 1. The highest BCUT2D eigenvalue weighted by Crippen LogP contribution is 2.37. The first-order valence-corrected chi connectivity index (χ1v) is 6.72. The second kappa shape index (κ2) is 5.46. The smallest absolute Gasteiger partial charge is 0.384 e. The van der Waals surface area contributed by atoms with Gasteiger partial charge in [-0.15, -0.1) is 0 Å². The van der Waals surface area contributed by atoms with E-state index < -0.39 is 24.0 Å². The molecule has 1 saturated carbocycles. The number of alkyl halides is 3. The number of nitrogens with one attached hydrogen (secondary N) is 1. The normalized spacial score (nSPS) is 17.1. The Kier molecular flexibility index (Phi) is 4.02. The van der Waals surface area contributed by atoms with Crippen LogP contribution in [0.3, 0.4) is 0 Å². The molecule has 1 heterocycles. The number of nitrogen functional groups attached to an aromatic ring is 1. The first kappa shape index (κ1) is 15.5. The molecule has 0 bridgehead atoms. The summed E-state index contributed by atoms with van der Waals surface area (Å²) in [7, 11) is 0. The second-order valence-electron chi connectivity index (χ2n) is 5.40. The van der Waals surface area contributed by atoms with Crippen LogP contribution in [0.25, 0.3) is 5.70 Å². The average Bonchev–Trinajstić information content (AvgIpc) is 2.66. The van der Waals surface area contributed by atoms with E-state index in [2.05, 4.69) is 11.9 Å². The molecule has 1 aromatic heterocycles. The number of hydrogen-bond acceptors (Lipinski definition) is 2. The minimum absolute atomic E-state index is 0.0339. The van der Waals surface area contributed by atoms with E-state index in [1.807, 2.05) is 0 Å². The zero-order valence-electron chi connectivity index (χ0n) is 11.7. The Morgan fingerprint density at radius 1 is 1.52 bits per heavy atom. The van der Waals surface area contributed by atoms with Gasteiger partial charge in [-0.3, -0.25) is 4.79 Å². The predicted molar refractivity (Wildman–Crippen MR) is 74.5 cm³/mol. The van der Waals surface area contributed by atoms with Gasteiger partial charge in [0.15, 0.2) is 0 Å². The number of carbonyl (C=O) groups is 1. The topological polar surface area (TPSA) is 60.0 Å². The maximum atomic E-state index is 13.0. The predicted octanol–water partition coefficient (Wildman–Crippen LogP) is 3.02. The van der Waals surface area contributed by atoms with E-state index in [4.69, 9.17) is 5.73 Å². The number of hydrogen-bond donors (Lipinski definition) is 2. The number of amides is 1. The Labute approximate surface area is 120 Å². The van der Waals surface area contributed by atoms with Gasteiger partial charge in [0.2, 0.25) is 0 Å². The molecule has 0 aliphatic heterocycles. The Balaban J connectivity index is 2.17. The molecule has 116 valence electrons. The van der Waals surface area contributed by atoms with Crippen LogP contribution >= 0.6 is 0 Å². The molecule has 1 amide bonds. The van der Waals surface area contributed by atoms with Gasteiger partial charge in [-0.1, -0.05) is 13.0 Å². The summed E-state index contributed by atoms with van der Waals surface area (Å²) in [6.07, 6.45) is -1.22. The highest BCUT2D eigenvalue weighted by atomic mass is 19.4. The molecule has 2 rings (SSSR count). The van der Waals surface area contributed by atoms with E-state index in [-0.39, 0.29) is 11.4 Å². The van der Waals surface area contributed by atoms with Gasteiger partial charge < -0.3 is 15.6 Å². The molecule has 4 nitrogen and oxygen atoms in total. The Bertz CT molecular complexity index is 558. The van der Waals surface area contributed by atoms with Gasteiger partial charge in [0.25, 0.3) is 5.91 Å². The maximum absolute atomic E-state index is 13.0. The van der Waals surface area contributed by atoms with Crippen LogP contribution in [-0.4, -0.2) is 22.7 Å². The van der Waals surface area contributed by atoms with Crippen molar-refractivity contribution in [3.05, 3.63) is 24.4 Å². The van der Waals surface area contributed by atoms with Crippen LogP contribution in [0.4, 0.5) is 19.0 Å². The summed E-state index contributed by atoms with van der Waals surface area (Å²) in [6, 6.07) is -0.417. The number of nitrogens with zero attached hydrogens (tertiary/aromatic N) is 1. The van der Waals surface area contributed by atoms with Crippen LogP contribution in [0, 0.1) is 5.92 Å². The van der Waals surface area contributed by atoms with Crippen molar-refractivity contribution in [1.29, 1.82) is 0 Å². The summed E-state index contributed by atoms with van der Waals surface area (Å²) >= 11 is 0. The lowest BCUT2D eigenvalue weighted by Crippen LogP contribution is -2.52. The van der Waals surface area contributed by atoms with Gasteiger partial charge >= 0.3 is 6.18 Å².